The first-order valence-electron chi connectivity index (χ1n) is 8.09. The van der Waals surface area contributed by atoms with Crippen LogP contribution >= 0.6 is 11.3 Å². The standard InChI is InChI=1S/C19H14F3NO4S/c1-10(17(24)23-13-6-2-3-7-14(13)27-19(21)22)26-18(25)16-9-11-12(20)5-4-8-15(11)28-16/h2-10,19H,1H3,(H,23,24)/t10-/m1/s1. The number of thiophene rings is 1. The molecule has 28 heavy (non-hydrogen) atoms. The fourth-order valence-corrected chi connectivity index (χ4v) is 3.36. The Kier molecular flexibility index (Phi) is 5.84. The summed E-state index contributed by atoms with van der Waals surface area (Å²) in [6, 6.07) is 11.5. The number of fused-ring (bicyclic) bond motifs is 1. The highest BCUT2D eigenvalue weighted by molar-refractivity contribution is 7.20. The highest BCUT2D eigenvalue weighted by Gasteiger charge is 2.22. The minimum absolute atomic E-state index is 0.0135. The molecule has 0 radical (unpaired) electrons. The number of nitrogens with one attached hydrogen (secondary N) is 1. The number of hydrogen-bond acceptors (Lipinski definition) is 5. The molecule has 2 aromatic carbocycles. The van der Waals surface area contributed by atoms with Crippen LogP contribution in [0.5, 0.6) is 5.75 Å². The molecule has 1 amide bonds. The number of anilines is 1. The molecule has 1 aromatic heterocycles. The zero-order valence-corrected chi connectivity index (χ0v) is 15.3. The van der Waals surface area contributed by atoms with E-state index in [4.69, 9.17) is 4.74 Å². The summed E-state index contributed by atoms with van der Waals surface area (Å²) in [5.41, 5.74) is 0.0135. The van der Waals surface area contributed by atoms with Gasteiger partial charge < -0.3 is 14.8 Å². The maximum atomic E-state index is 13.7. The molecule has 0 aliphatic rings. The van der Waals surface area contributed by atoms with Crippen LogP contribution in [0.15, 0.2) is 48.5 Å². The molecule has 0 aliphatic heterocycles. The lowest BCUT2D eigenvalue weighted by molar-refractivity contribution is -0.123. The van der Waals surface area contributed by atoms with E-state index >= 15 is 0 Å². The van der Waals surface area contributed by atoms with Crippen LogP contribution in [-0.4, -0.2) is 24.6 Å². The molecule has 0 saturated heterocycles. The Morgan fingerprint density at radius 3 is 2.57 bits per heavy atom. The average molecular weight is 409 g/mol. The van der Waals surface area contributed by atoms with E-state index in [9.17, 15) is 22.8 Å². The van der Waals surface area contributed by atoms with E-state index in [1.807, 2.05) is 0 Å². The van der Waals surface area contributed by atoms with Gasteiger partial charge in [-0.2, -0.15) is 8.78 Å². The van der Waals surface area contributed by atoms with Gasteiger partial charge in [-0.15, -0.1) is 11.3 Å². The Bertz CT molecular complexity index is 1020. The first-order valence-corrected chi connectivity index (χ1v) is 8.90. The number of carbonyl (C=O) groups excluding carboxylic acids is 2. The van der Waals surface area contributed by atoms with E-state index in [1.165, 1.54) is 49.4 Å². The van der Waals surface area contributed by atoms with Crippen LogP contribution in [0, 0.1) is 5.82 Å². The summed E-state index contributed by atoms with van der Waals surface area (Å²) in [5.74, 6) is -2.20. The molecule has 0 fully saturated rings. The molecule has 5 nitrogen and oxygen atoms in total. The highest BCUT2D eigenvalue weighted by Crippen LogP contribution is 2.29. The number of para-hydroxylation sites is 2. The number of alkyl halides is 2. The van der Waals surface area contributed by atoms with Crippen molar-refractivity contribution in [2.75, 3.05) is 5.32 Å². The molecule has 1 N–H and O–H groups in total. The van der Waals surface area contributed by atoms with Crippen LogP contribution in [0.25, 0.3) is 10.1 Å². The van der Waals surface area contributed by atoms with Gasteiger partial charge >= 0.3 is 12.6 Å². The number of halogens is 3. The summed E-state index contributed by atoms with van der Waals surface area (Å²) in [5, 5.41) is 2.66. The summed E-state index contributed by atoms with van der Waals surface area (Å²) < 4.78 is 48.6. The van der Waals surface area contributed by atoms with Gasteiger partial charge in [0.25, 0.3) is 5.91 Å². The summed E-state index contributed by atoms with van der Waals surface area (Å²) in [4.78, 5) is 24.7. The van der Waals surface area contributed by atoms with Gasteiger partial charge in [0.2, 0.25) is 0 Å². The van der Waals surface area contributed by atoms with Crippen molar-refractivity contribution in [1.82, 2.24) is 0 Å². The number of hydrogen-bond donors (Lipinski definition) is 1. The van der Waals surface area contributed by atoms with Gasteiger partial charge in [0.05, 0.1) is 5.69 Å². The Hall–Kier alpha value is -3.07. The number of amides is 1. The molecule has 0 aliphatic carbocycles. The quantitative estimate of drug-likeness (QED) is 0.593. The molecule has 1 heterocycles. The highest BCUT2D eigenvalue weighted by atomic mass is 32.1. The molecule has 146 valence electrons. The second-order valence-electron chi connectivity index (χ2n) is 5.67. The Labute approximate surface area is 161 Å². The maximum absolute atomic E-state index is 13.7. The van der Waals surface area contributed by atoms with Crippen molar-refractivity contribution in [2.45, 2.75) is 19.6 Å². The molecule has 0 saturated carbocycles. The van der Waals surface area contributed by atoms with E-state index in [1.54, 1.807) is 6.07 Å². The SMILES string of the molecule is C[C@@H](OC(=O)c1cc2c(F)cccc2s1)C(=O)Nc1ccccc1OC(F)F. The summed E-state index contributed by atoms with van der Waals surface area (Å²) >= 11 is 1.04. The van der Waals surface area contributed by atoms with Crippen LogP contribution in [0.2, 0.25) is 0 Å². The lowest BCUT2D eigenvalue weighted by Gasteiger charge is -2.15. The molecule has 3 aromatic rings. The van der Waals surface area contributed by atoms with Crippen molar-refractivity contribution < 1.29 is 32.2 Å². The molecule has 0 bridgehead atoms. The van der Waals surface area contributed by atoms with Crippen LogP contribution in [0.4, 0.5) is 18.9 Å². The average Bonchev–Trinajstić information content (AvgIpc) is 3.08. The number of carbonyl (C=O) groups is 2. The second-order valence-corrected chi connectivity index (χ2v) is 6.76. The third kappa shape index (κ3) is 4.42. The van der Waals surface area contributed by atoms with Gasteiger partial charge in [-0.25, -0.2) is 9.18 Å². The smallest absolute Gasteiger partial charge is 0.387 e. The monoisotopic (exact) mass is 409 g/mol. The number of benzene rings is 2. The molecule has 9 heteroatoms. The largest absolute Gasteiger partial charge is 0.448 e. The summed E-state index contributed by atoms with van der Waals surface area (Å²) in [6.45, 7) is -1.72. The summed E-state index contributed by atoms with van der Waals surface area (Å²) in [6.07, 6.45) is -1.22. The summed E-state index contributed by atoms with van der Waals surface area (Å²) in [7, 11) is 0. The molecule has 1 atom stereocenters. The Morgan fingerprint density at radius 2 is 1.86 bits per heavy atom. The fourth-order valence-electron chi connectivity index (χ4n) is 2.40. The molecular weight excluding hydrogens is 395 g/mol. The zero-order chi connectivity index (χ0) is 20.3. The normalized spacial score (nSPS) is 12.0. The fraction of sp³-hybridized carbons (Fsp3) is 0.158. The van der Waals surface area contributed by atoms with Crippen molar-refractivity contribution in [3.8, 4) is 5.75 Å². The van der Waals surface area contributed by atoms with Gasteiger partial charge in [0, 0.05) is 10.1 Å². The van der Waals surface area contributed by atoms with E-state index < -0.39 is 30.4 Å². The Balaban J connectivity index is 1.68. The third-order valence-electron chi connectivity index (χ3n) is 3.72. The van der Waals surface area contributed by atoms with E-state index in [2.05, 4.69) is 10.1 Å². The molecule has 0 spiro atoms. The minimum atomic E-state index is -3.05. The topological polar surface area (TPSA) is 64.6 Å². The number of ether oxygens (including phenoxy) is 2. The molecular formula is C19H14F3NO4S. The van der Waals surface area contributed by atoms with E-state index in [0.717, 1.165) is 11.3 Å². The first kappa shape index (κ1) is 19.7. The second kappa shape index (κ2) is 8.30. The lowest BCUT2D eigenvalue weighted by atomic mass is 10.2. The van der Waals surface area contributed by atoms with E-state index in [-0.39, 0.29) is 21.7 Å². The van der Waals surface area contributed by atoms with Crippen molar-refractivity contribution >= 4 is 39.0 Å². The van der Waals surface area contributed by atoms with Crippen LogP contribution in [0.1, 0.15) is 16.6 Å². The molecule has 3 rings (SSSR count). The third-order valence-corrected chi connectivity index (χ3v) is 4.80. The van der Waals surface area contributed by atoms with Crippen molar-refractivity contribution in [1.29, 1.82) is 0 Å². The van der Waals surface area contributed by atoms with Gasteiger partial charge in [-0.1, -0.05) is 18.2 Å². The van der Waals surface area contributed by atoms with Gasteiger partial charge in [0.15, 0.2) is 6.10 Å². The van der Waals surface area contributed by atoms with Crippen LogP contribution < -0.4 is 10.1 Å². The van der Waals surface area contributed by atoms with Crippen LogP contribution in [-0.2, 0) is 9.53 Å². The Morgan fingerprint density at radius 1 is 1.11 bits per heavy atom. The predicted octanol–water partition coefficient (Wildman–Crippen LogP) is 4.83. The molecule has 0 unspecified atom stereocenters. The predicted molar refractivity (Wildman–Crippen MR) is 98.4 cm³/mol. The maximum Gasteiger partial charge on any atom is 0.387 e. The minimum Gasteiger partial charge on any atom is -0.448 e. The van der Waals surface area contributed by atoms with Gasteiger partial charge in [-0.3, -0.25) is 4.79 Å². The zero-order valence-electron chi connectivity index (χ0n) is 14.4. The van der Waals surface area contributed by atoms with Crippen LogP contribution in [0.3, 0.4) is 0 Å². The number of esters is 1. The van der Waals surface area contributed by atoms with Crippen molar-refractivity contribution in [3.05, 3.63) is 59.2 Å². The van der Waals surface area contributed by atoms with Gasteiger partial charge in [-0.05, 0) is 37.3 Å². The van der Waals surface area contributed by atoms with Gasteiger partial charge in [0.1, 0.15) is 16.4 Å². The van der Waals surface area contributed by atoms with E-state index in [0.29, 0.717) is 4.70 Å². The van der Waals surface area contributed by atoms with Crippen molar-refractivity contribution in [3.63, 3.8) is 0 Å². The first-order chi connectivity index (χ1) is 13.3. The number of rotatable bonds is 6. The van der Waals surface area contributed by atoms with Crippen molar-refractivity contribution in [2.24, 2.45) is 0 Å². The lowest BCUT2D eigenvalue weighted by Crippen LogP contribution is -2.30.